The highest BCUT2D eigenvalue weighted by atomic mass is 32.1. The summed E-state index contributed by atoms with van der Waals surface area (Å²) < 4.78 is 4.77. The molecule has 0 amide bonds. The quantitative estimate of drug-likeness (QED) is 0.614. The number of aromatic nitrogens is 1. The third-order valence-electron chi connectivity index (χ3n) is 1.94. The molecule has 0 bridgehead atoms. The van der Waals surface area contributed by atoms with Crippen molar-refractivity contribution < 1.29 is 19.7 Å². The number of nitrogens with two attached hydrogens (primary N) is 1. The summed E-state index contributed by atoms with van der Waals surface area (Å²) in [6.07, 6.45) is -2.33. The van der Waals surface area contributed by atoms with Crippen molar-refractivity contribution >= 4 is 17.3 Å². The number of rotatable bonds is 5. The van der Waals surface area contributed by atoms with Gasteiger partial charge in [-0.2, -0.15) is 0 Å². The van der Waals surface area contributed by atoms with Gasteiger partial charge in [-0.1, -0.05) is 0 Å². The molecule has 0 aromatic carbocycles. The molecule has 16 heavy (non-hydrogen) atoms. The first-order valence-electron chi connectivity index (χ1n) is 4.78. The van der Waals surface area contributed by atoms with E-state index in [1.807, 2.05) is 0 Å². The molecule has 0 aliphatic heterocycles. The van der Waals surface area contributed by atoms with Crippen LogP contribution in [-0.4, -0.2) is 40.4 Å². The summed E-state index contributed by atoms with van der Waals surface area (Å²) in [5, 5.41) is 19.1. The second-order valence-corrected chi connectivity index (χ2v) is 3.92. The van der Waals surface area contributed by atoms with Gasteiger partial charge in [-0.25, -0.2) is 9.78 Å². The van der Waals surface area contributed by atoms with E-state index in [0.717, 1.165) is 11.3 Å². The number of nitrogens with zero attached hydrogens (tertiary/aromatic N) is 1. The topological polar surface area (TPSA) is 106 Å². The maximum absolute atomic E-state index is 11.4. The van der Waals surface area contributed by atoms with E-state index < -0.39 is 18.2 Å². The molecule has 7 heteroatoms. The SMILES string of the molecule is CCOC(=O)c1ncsc1C(O)C(O)CN. The summed E-state index contributed by atoms with van der Waals surface area (Å²) in [6.45, 7) is 1.81. The summed E-state index contributed by atoms with van der Waals surface area (Å²) in [5.41, 5.74) is 6.67. The molecular formula is C9H14N2O4S. The Morgan fingerprint density at radius 3 is 2.94 bits per heavy atom. The van der Waals surface area contributed by atoms with Crippen LogP contribution in [0.15, 0.2) is 5.51 Å². The van der Waals surface area contributed by atoms with Crippen molar-refractivity contribution in [3.8, 4) is 0 Å². The fourth-order valence-electron chi connectivity index (χ4n) is 1.12. The van der Waals surface area contributed by atoms with Crippen molar-refractivity contribution in [3.05, 3.63) is 16.1 Å². The molecule has 4 N–H and O–H groups in total. The van der Waals surface area contributed by atoms with Gasteiger partial charge in [0.1, 0.15) is 6.10 Å². The van der Waals surface area contributed by atoms with Gasteiger partial charge in [0, 0.05) is 6.54 Å². The van der Waals surface area contributed by atoms with Crippen molar-refractivity contribution in [1.82, 2.24) is 4.98 Å². The lowest BCUT2D eigenvalue weighted by Gasteiger charge is -2.15. The van der Waals surface area contributed by atoms with Crippen LogP contribution in [0.25, 0.3) is 0 Å². The van der Waals surface area contributed by atoms with E-state index in [-0.39, 0.29) is 23.7 Å². The minimum Gasteiger partial charge on any atom is -0.461 e. The Labute approximate surface area is 96.7 Å². The lowest BCUT2D eigenvalue weighted by Crippen LogP contribution is -2.27. The van der Waals surface area contributed by atoms with E-state index in [1.165, 1.54) is 5.51 Å². The van der Waals surface area contributed by atoms with Gasteiger partial charge >= 0.3 is 5.97 Å². The summed E-state index contributed by atoms with van der Waals surface area (Å²) in [4.78, 5) is 15.5. The smallest absolute Gasteiger partial charge is 0.358 e. The molecule has 0 spiro atoms. The molecule has 0 radical (unpaired) electrons. The largest absolute Gasteiger partial charge is 0.461 e. The number of esters is 1. The van der Waals surface area contributed by atoms with E-state index in [4.69, 9.17) is 10.5 Å². The van der Waals surface area contributed by atoms with Crippen molar-refractivity contribution in [1.29, 1.82) is 0 Å². The number of hydrogen-bond donors (Lipinski definition) is 3. The normalized spacial score (nSPS) is 14.5. The Hall–Kier alpha value is -1.02. The van der Waals surface area contributed by atoms with E-state index in [0.29, 0.717) is 0 Å². The summed E-state index contributed by atoms with van der Waals surface area (Å²) in [5.74, 6) is -0.609. The minimum absolute atomic E-state index is 0.0341. The van der Waals surface area contributed by atoms with E-state index in [1.54, 1.807) is 6.92 Å². The summed E-state index contributed by atoms with van der Waals surface area (Å²) in [6, 6.07) is 0. The number of carbonyl (C=O) groups excluding carboxylic acids is 1. The number of aliphatic hydroxyl groups excluding tert-OH is 2. The first-order valence-corrected chi connectivity index (χ1v) is 5.66. The van der Waals surface area contributed by atoms with Gasteiger partial charge in [0.15, 0.2) is 5.69 Å². The maximum atomic E-state index is 11.4. The van der Waals surface area contributed by atoms with E-state index in [2.05, 4.69) is 4.98 Å². The highest BCUT2D eigenvalue weighted by Crippen LogP contribution is 2.25. The summed E-state index contributed by atoms with van der Waals surface area (Å²) in [7, 11) is 0. The Kier molecular flexibility index (Phi) is 4.81. The molecule has 1 rings (SSSR count). The van der Waals surface area contributed by atoms with Gasteiger partial charge in [0.05, 0.1) is 23.1 Å². The third-order valence-corrected chi connectivity index (χ3v) is 2.84. The monoisotopic (exact) mass is 246 g/mol. The van der Waals surface area contributed by atoms with Crippen molar-refractivity contribution in [3.63, 3.8) is 0 Å². The average molecular weight is 246 g/mol. The average Bonchev–Trinajstić information content (AvgIpc) is 2.76. The first-order chi connectivity index (χ1) is 7.61. The second kappa shape index (κ2) is 5.90. The molecule has 1 heterocycles. The molecule has 0 saturated carbocycles. The molecule has 0 aliphatic rings. The van der Waals surface area contributed by atoms with Gasteiger partial charge < -0.3 is 20.7 Å². The lowest BCUT2D eigenvalue weighted by molar-refractivity contribution is 0.0244. The minimum atomic E-state index is -1.21. The lowest BCUT2D eigenvalue weighted by atomic mass is 10.1. The molecule has 6 nitrogen and oxygen atoms in total. The molecular weight excluding hydrogens is 232 g/mol. The zero-order valence-electron chi connectivity index (χ0n) is 8.79. The van der Waals surface area contributed by atoms with Crippen LogP contribution in [0, 0.1) is 0 Å². The van der Waals surface area contributed by atoms with Gasteiger partial charge in [0.2, 0.25) is 0 Å². The zero-order valence-corrected chi connectivity index (χ0v) is 9.61. The highest BCUT2D eigenvalue weighted by molar-refractivity contribution is 7.10. The van der Waals surface area contributed by atoms with Crippen LogP contribution in [0.2, 0.25) is 0 Å². The number of hydrogen-bond acceptors (Lipinski definition) is 7. The second-order valence-electron chi connectivity index (χ2n) is 3.03. The van der Waals surface area contributed by atoms with Crippen LogP contribution in [0.5, 0.6) is 0 Å². The molecule has 0 aliphatic carbocycles. The van der Waals surface area contributed by atoms with Crippen LogP contribution in [0.1, 0.15) is 28.4 Å². The van der Waals surface area contributed by atoms with Gasteiger partial charge in [-0.05, 0) is 6.92 Å². The molecule has 0 fully saturated rings. The summed E-state index contributed by atoms with van der Waals surface area (Å²) >= 11 is 1.08. The van der Waals surface area contributed by atoms with Crippen molar-refractivity contribution in [2.75, 3.05) is 13.2 Å². The highest BCUT2D eigenvalue weighted by Gasteiger charge is 2.26. The van der Waals surface area contributed by atoms with Gasteiger partial charge in [0.25, 0.3) is 0 Å². The third kappa shape index (κ3) is 2.76. The number of thiazole rings is 1. The fraction of sp³-hybridized carbons (Fsp3) is 0.556. The molecule has 2 atom stereocenters. The maximum Gasteiger partial charge on any atom is 0.358 e. The zero-order chi connectivity index (χ0) is 12.1. The van der Waals surface area contributed by atoms with E-state index in [9.17, 15) is 15.0 Å². The molecule has 1 aromatic heterocycles. The predicted octanol–water partition coefficient (Wildman–Crippen LogP) is -0.327. The van der Waals surface area contributed by atoms with Crippen LogP contribution in [0.3, 0.4) is 0 Å². The molecule has 90 valence electrons. The van der Waals surface area contributed by atoms with Crippen LogP contribution in [0.4, 0.5) is 0 Å². The Bertz CT molecular complexity index is 355. The first kappa shape index (κ1) is 13.0. The molecule has 0 saturated heterocycles. The molecule has 1 aromatic rings. The van der Waals surface area contributed by atoms with Crippen molar-refractivity contribution in [2.24, 2.45) is 5.73 Å². The predicted molar refractivity (Wildman–Crippen MR) is 58.1 cm³/mol. The van der Waals surface area contributed by atoms with Crippen LogP contribution < -0.4 is 5.73 Å². The Balaban J connectivity index is 2.89. The van der Waals surface area contributed by atoms with Gasteiger partial charge in [-0.15, -0.1) is 11.3 Å². The number of ether oxygens (including phenoxy) is 1. The fourth-order valence-corrected chi connectivity index (χ4v) is 1.94. The number of carbonyl (C=O) groups is 1. The molecule has 2 unspecified atom stereocenters. The van der Waals surface area contributed by atoms with Crippen LogP contribution >= 0.6 is 11.3 Å². The number of aliphatic hydroxyl groups is 2. The Morgan fingerprint density at radius 1 is 1.69 bits per heavy atom. The van der Waals surface area contributed by atoms with Crippen molar-refractivity contribution in [2.45, 2.75) is 19.1 Å². The Morgan fingerprint density at radius 2 is 2.38 bits per heavy atom. The van der Waals surface area contributed by atoms with Crippen LogP contribution in [-0.2, 0) is 4.74 Å². The van der Waals surface area contributed by atoms with E-state index >= 15 is 0 Å². The van der Waals surface area contributed by atoms with Gasteiger partial charge in [-0.3, -0.25) is 0 Å². The standard InChI is InChI=1S/C9H14N2O4S/c1-2-15-9(14)6-8(16-4-11-6)7(13)5(12)3-10/h4-5,7,12-13H,2-3,10H2,1H3.